The fourth-order valence-corrected chi connectivity index (χ4v) is 5.49. The Morgan fingerprint density at radius 3 is 2.50 bits per heavy atom. The molecule has 2 unspecified atom stereocenters. The van der Waals surface area contributed by atoms with Gasteiger partial charge >= 0.3 is 0 Å². The monoisotopic (exact) mass is 573 g/mol. The maximum atomic E-state index is 14.7. The fourth-order valence-electron chi connectivity index (χ4n) is 5.40. The summed E-state index contributed by atoms with van der Waals surface area (Å²) in [7, 11) is 0. The zero-order valence-electron chi connectivity index (χ0n) is 21.6. The number of alkyl halides is 2. The number of carbonyl (C=O) groups is 1. The maximum Gasteiger partial charge on any atom is 0.267 e. The molecule has 2 aliphatic heterocycles. The summed E-state index contributed by atoms with van der Waals surface area (Å²) in [4.78, 5) is 24.3. The number of carbonyl (C=O) groups excluding carboxylic acids is 1. The topological polar surface area (TPSA) is 75.4 Å². The average Bonchev–Trinajstić information content (AvgIpc) is 3.25. The van der Waals surface area contributed by atoms with Crippen molar-refractivity contribution in [1.29, 1.82) is 0 Å². The third kappa shape index (κ3) is 7.96. The van der Waals surface area contributed by atoms with Crippen LogP contribution in [0, 0.1) is 17.7 Å². The highest BCUT2D eigenvalue weighted by molar-refractivity contribution is 6.30. The van der Waals surface area contributed by atoms with Gasteiger partial charge in [-0.15, -0.1) is 12.4 Å². The largest absolute Gasteiger partial charge is 0.341 e. The lowest BCUT2D eigenvalue weighted by Crippen LogP contribution is -2.44. The number of amides is 1. The van der Waals surface area contributed by atoms with Crippen LogP contribution >= 0.6 is 24.0 Å². The minimum atomic E-state index is -2.87. The third-order valence-corrected chi connectivity index (χ3v) is 7.91. The Morgan fingerprint density at radius 1 is 1.21 bits per heavy atom. The van der Waals surface area contributed by atoms with E-state index >= 15 is 0 Å². The predicted molar refractivity (Wildman–Crippen MR) is 146 cm³/mol. The third-order valence-electron chi connectivity index (χ3n) is 7.71. The fraction of sp³-hybridized carbons (Fsp3) is 0.593. The molecule has 1 aromatic carbocycles. The Morgan fingerprint density at radius 2 is 1.89 bits per heavy atom. The van der Waals surface area contributed by atoms with Crippen molar-refractivity contribution in [2.45, 2.75) is 63.8 Å². The molecule has 0 radical (unpaired) electrons. The molecule has 11 heteroatoms. The molecular formula is C27H36Cl2F3N5O. The first-order valence-electron chi connectivity index (χ1n) is 13.0. The second-order valence-electron chi connectivity index (χ2n) is 10.5. The second kappa shape index (κ2) is 13.3. The van der Waals surface area contributed by atoms with Crippen LogP contribution in [0.25, 0.3) is 0 Å². The summed E-state index contributed by atoms with van der Waals surface area (Å²) in [6, 6.07) is 4.00. The molecule has 2 atom stereocenters. The number of anilines is 1. The standard InChI is InChI=1S/C27H35ClF3N5O.ClH/c1-18(20-7-10-35(11-8-20)26-33-15-22(28)16-34-26)3-2-4-19-5-6-21(23(29)13-19)14-24(32)25(37)36-12-9-27(30,31)17-36;/h5-6,13,15-16,18,20,24H,2-4,7-12,14,17,32H2,1H3;1H. The summed E-state index contributed by atoms with van der Waals surface area (Å²) in [5.74, 6) is -1.90. The van der Waals surface area contributed by atoms with Gasteiger partial charge in [-0.2, -0.15) is 0 Å². The van der Waals surface area contributed by atoms with Gasteiger partial charge in [0.15, 0.2) is 0 Å². The van der Waals surface area contributed by atoms with E-state index in [9.17, 15) is 18.0 Å². The van der Waals surface area contributed by atoms with Gasteiger partial charge < -0.3 is 15.5 Å². The molecule has 0 saturated carbocycles. The maximum absolute atomic E-state index is 14.7. The van der Waals surface area contributed by atoms with Crippen LogP contribution in [0.1, 0.15) is 50.2 Å². The molecule has 1 amide bonds. The second-order valence-corrected chi connectivity index (χ2v) is 10.9. The molecule has 3 heterocycles. The molecule has 4 rings (SSSR count). The van der Waals surface area contributed by atoms with Gasteiger partial charge in [0.25, 0.3) is 5.92 Å². The Bertz CT molecular complexity index is 1070. The first-order valence-corrected chi connectivity index (χ1v) is 13.4. The Kier molecular flexibility index (Phi) is 10.7. The highest BCUT2D eigenvalue weighted by atomic mass is 35.5. The van der Waals surface area contributed by atoms with Gasteiger partial charge in [-0.1, -0.05) is 37.1 Å². The number of hydrogen-bond donors (Lipinski definition) is 1. The number of likely N-dealkylation sites (tertiary alicyclic amines) is 1. The van der Waals surface area contributed by atoms with Gasteiger partial charge in [-0.05, 0) is 61.1 Å². The zero-order valence-corrected chi connectivity index (χ0v) is 23.2. The van der Waals surface area contributed by atoms with Crippen LogP contribution in [0.5, 0.6) is 0 Å². The van der Waals surface area contributed by atoms with Crippen LogP contribution in [0.2, 0.25) is 5.02 Å². The van der Waals surface area contributed by atoms with Gasteiger partial charge in [-0.25, -0.2) is 23.1 Å². The number of rotatable bonds is 9. The van der Waals surface area contributed by atoms with E-state index in [2.05, 4.69) is 21.8 Å². The summed E-state index contributed by atoms with van der Waals surface area (Å²) in [6.45, 7) is 3.50. The van der Waals surface area contributed by atoms with Crippen molar-refractivity contribution in [2.75, 3.05) is 31.1 Å². The van der Waals surface area contributed by atoms with E-state index in [1.54, 1.807) is 18.5 Å². The molecule has 2 fully saturated rings. The number of halogens is 5. The van der Waals surface area contributed by atoms with Gasteiger partial charge in [-0.3, -0.25) is 4.79 Å². The van der Waals surface area contributed by atoms with Crippen molar-refractivity contribution in [3.63, 3.8) is 0 Å². The number of benzene rings is 1. The number of nitrogens with two attached hydrogens (primary N) is 1. The molecule has 210 valence electrons. The number of nitrogens with zero attached hydrogens (tertiary/aromatic N) is 4. The molecule has 2 aliphatic rings. The lowest BCUT2D eigenvalue weighted by atomic mass is 9.82. The van der Waals surface area contributed by atoms with Crippen molar-refractivity contribution in [2.24, 2.45) is 17.6 Å². The number of hydrogen-bond acceptors (Lipinski definition) is 5. The van der Waals surface area contributed by atoms with E-state index < -0.39 is 30.2 Å². The lowest BCUT2D eigenvalue weighted by molar-refractivity contribution is -0.133. The first kappa shape index (κ1) is 30.4. The molecule has 1 aromatic heterocycles. The van der Waals surface area contributed by atoms with E-state index in [0.29, 0.717) is 22.4 Å². The van der Waals surface area contributed by atoms with Crippen molar-refractivity contribution >= 4 is 35.9 Å². The van der Waals surface area contributed by atoms with Crippen LogP contribution in [-0.4, -0.2) is 58.9 Å². The van der Waals surface area contributed by atoms with E-state index in [4.69, 9.17) is 17.3 Å². The molecule has 38 heavy (non-hydrogen) atoms. The van der Waals surface area contributed by atoms with Crippen molar-refractivity contribution in [3.05, 3.63) is 52.6 Å². The summed E-state index contributed by atoms with van der Waals surface area (Å²) < 4.78 is 41.5. The molecule has 2 N–H and O–H groups in total. The summed E-state index contributed by atoms with van der Waals surface area (Å²) in [6.07, 6.45) is 7.85. The lowest BCUT2D eigenvalue weighted by Gasteiger charge is -2.35. The molecule has 0 aliphatic carbocycles. The molecular weight excluding hydrogens is 538 g/mol. The number of aryl methyl sites for hydroxylation is 1. The van der Waals surface area contributed by atoms with Crippen molar-refractivity contribution < 1.29 is 18.0 Å². The quantitative estimate of drug-likeness (QED) is 0.440. The van der Waals surface area contributed by atoms with E-state index in [-0.39, 0.29) is 31.8 Å². The summed E-state index contributed by atoms with van der Waals surface area (Å²) in [5.41, 5.74) is 7.18. The van der Waals surface area contributed by atoms with Crippen LogP contribution in [0.15, 0.2) is 30.6 Å². The summed E-state index contributed by atoms with van der Waals surface area (Å²) in [5, 5.41) is 0.535. The van der Waals surface area contributed by atoms with Crippen LogP contribution in [-0.2, 0) is 17.6 Å². The van der Waals surface area contributed by atoms with Crippen LogP contribution in [0.4, 0.5) is 19.1 Å². The summed E-state index contributed by atoms with van der Waals surface area (Å²) >= 11 is 5.88. The minimum absolute atomic E-state index is 0. The molecule has 6 nitrogen and oxygen atoms in total. The Balaban J connectivity index is 0.00000400. The Hall–Kier alpha value is -2.10. The highest BCUT2D eigenvalue weighted by Gasteiger charge is 2.41. The minimum Gasteiger partial charge on any atom is -0.341 e. The molecule has 0 spiro atoms. The van der Waals surface area contributed by atoms with Crippen LogP contribution < -0.4 is 10.6 Å². The van der Waals surface area contributed by atoms with Crippen molar-refractivity contribution in [1.82, 2.24) is 14.9 Å². The molecule has 0 bridgehead atoms. The number of piperidine rings is 1. The van der Waals surface area contributed by atoms with Gasteiger partial charge in [0.05, 0.1) is 30.0 Å². The zero-order chi connectivity index (χ0) is 26.6. The number of aromatic nitrogens is 2. The smallest absolute Gasteiger partial charge is 0.267 e. The molecule has 2 saturated heterocycles. The first-order chi connectivity index (χ1) is 17.6. The van der Waals surface area contributed by atoms with E-state index in [0.717, 1.165) is 61.6 Å². The molecule has 2 aromatic rings. The van der Waals surface area contributed by atoms with Gasteiger partial charge in [0, 0.05) is 26.1 Å². The highest BCUT2D eigenvalue weighted by Crippen LogP contribution is 2.30. The van der Waals surface area contributed by atoms with E-state index in [1.807, 2.05) is 6.07 Å². The van der Waals surface area contributed by atoms with Gasteiger partial charge in [0.2, 0.25) is 11.9 Å². The Labute approximate surface area is 233 Å². The SMILES string of the molecule is CC(CCCc1ccc(CC(N)C(=O)N2CCC(F)(F)C2)c(F)c1)C1CCN(c2ncc(Cl)cn2)CC1.Cl. The van der Waals surface area contributed by atoms with Gasteiger partial charge in [0.1, 0.15) is 5.82 Å². The van der Waals surface area contributed by atoms with Crippen LogP contribution in [0.3, 0.4) is 0 Å². The van der Waals surface area contributed by atoms with Crippen molar-refractivity contribution in [3.8, 4) is 0 Å². The average molecular weight is 575 g/mol. The normalized spacial score (nSPS) is 19.2. The van der Waals surface area contributed by atoms with E-state index in [1.165, 1.54) is 6.07 Å². The predicted octanol–water partition coefficient (Wildman–Crippen LogP) is 5.30.